The Kier molecular flexibility index (Phi) is 5.03. The average molecular weight is 314 g/mol. The molecular weight excluding hydrogens is 298 g/mol. The number of rotatable bonds is 4. The zero-order chi connectivity index (χ0) is 15.4. The van der Waals surface area contributed by atoms with E-state index >= 15 is 0 Å². The Morgan fingerprint density at radius 1 is 1.52 bits per heavy atom. The van der Waals surface area contributed by atoms with E-state index < -0.39 is 12.1 Å². The zero-order valence-electron chi connectivity index (χ0n) is 11.5. The molecule has 1 saturated heterocycles. The molecule has 0 aromatic heterocycles. The first-order valence-electron chi connectivity index (χ1n) is 6.47. The van der Waals surface area contributed by atoms with Gasteiger partial charge in [0.15, 0.2) is 0 Å². The van der Waals surface area contributed by atoms with E-state index in [-0.39, 0.29) is 18.9 Å². The highest BCUT2D eigenvalue weighted by atomic mass is 35.5. The Hall–Kier alpha value is -1.79. The third-order valence-electron chi connectivity index (χ3n) is 3.23. The number of nitrogens with zero attached hydrogens (tertiary/aromatic N) is 1. The lowest BCUT2D eigenvalue weighted by atomic mass is 10.1. The zero-order valence-corrected chi connectivity index (χ0v) is 12.3. The first kappa shape index (κ1) is 15.6. The van der Waals surface area contributed by atoms with Gasteiger partial charge < -0.3 is 19.5 Å². The summed E-state index contributed by atoms with van der Waals surface area (Å²) in [7, 11) is 1.48. The van der Waals surface area contributed by atoms with Crippen LogP contribution < -0.4 is 4.74 Å². The van der Waals surface area contributed by atoms with Crippen molar-refractivity contribution in [2.24, 2.45) is 0 Å². The van der Waals surface area contributed by atoms with Gasteiger partial charge in [-0.15, -0.1) is 0 Å². The van der Waals surface area contributed by atoms with Gasteiger partial charge >= 0.3 is 5.97 Å². The van der Waals surface area contributed by atoms with Crippen molar-refractivity contribution in [1.29, 1.82) is 0 Å². The SMILES string of the molecule is COc1cc(C(=O)N2CCOC(CC(=O)O)C2)ccc1Cl. The standard InChI is InChI=1S/C14H16ClNO5/c1-20-12-6-9(2-3-11(12)15)14(19)16-4-5-21-10(8-16)7-13(17)18/h2-3,6,10H,4-5,7-8H2,1H3,(H,17,18). The van der Waals surface area contributed by atoms with Crippen LogP contribution in [-0.2, 0) is 9.53 Å². The normalized spacial score (nSPS) is 18.4. The molecular formula is C14H16ClNO5. The van der Waals surface area contributed by atoms with Gasteiger partial charge in [-0.2, -0.15) is 0 Å². The molecule has 0 bridgehead atoms. The summed E-state index contributed by atoms with van der Waals surface area (Å²) in [6, 6.07) is 4.80. The minimum absolute atomic E-state index is 0.117. The van der Waals surface area contributed by atoms with Gasteiger partial charge in [0.2, 0.25) is 0 Å². The minimum atomic E-state index is -0.942. The topological polar surface area (TPSA) is 76.1 Å². The van der Waals surface area contributed by atoms with Crippen LogP contribution in [-0.4, -0.2) is 54.8 Å². The van der Waals surface area contributed by atoms with E-state index in [0.29, 0.717) is 29.5 Å². The van der Waals surface area contributed by atoms with Crippen LogP contribution in [0.3, 0.4) is 0 Å². The Balaban J connectivity index is 2.10. The second kappa shape index (κ2) is 6.78. The van der Waals surface area contributed by atoms with E-state index in [1.165, 1.54) is 7.11 Å². The van der Waals surface area contributed by atoms with Gasteiger partial charge in [-0.1, -0.05) is 11.6 Å². The molecule has 0 radical (unpaired) electrons. The third kappa shape index (κ3) is 3.86. The summed E-state index contributed by atoms with van der Waals surface area (Å²) in [5.74, 6) is -0.705. The molecule has 0 spiro atoms. The lowest BCUT2D eigenvalue weighted by Crippen LogP contribution is -2.46. The van der Waals surface area contributed by atoms with Crippen LogP contribution >= 0.6 is 11.6 Å². The van der Waals surface area contributed by atoms with Gasteiger partial charge in [-0.25, -0.2) is 0 Å². The van der Waals surface area contributed by atoms with Crippen molar-refractivity contribution in [3.05, 3.63) is 28.8 Å². The Labute approximate surface area is 127 Å². The summed E-state index contributed by atoms with van der Waals surface area (Å²) in [5.41, 5.74) is 0.451. The van der Waals surface area contributed by atoms with Crippen molar-refractivity contribution in [1.82, 2.24) is 4.90 Å². The van der Waals surface area contributed by atoms with Gasteiger partial charge in [0.25, 0.3) is 5.91 Å². The summed E-state index contributed by atoms with van der Waals surface area (Å²) in [5, 5.41) is 9.22. The van der Waals surface area contributed by atoms with E-state index in [1.807, 2.05) is 0 Å². The molecule has 1 atom stereocenters. The predicted octanol–water partition coefficient (Wildman–Crippen LogP) is 1.66. The highest BCUT2D eigenvalue weighted by Crippen LogP contribution is 2.26. The number of carboxylic acid groups (broad SMARTS) is 1. The van der Waals surface area contributed by atoms with Crippen LogP contribution in [0.4, 0.5) is 0 Å². The number of hydrogen-bond donors (Lipinski definition) is 1. The molecule has 21 heavy (non-hydrogen) atoms. The quantitative estimate of drug-likeness (QED) is 0.915. The number of carboxylic acids is 1. The summed E-state index contributed by atoms with van der Waals surface area (Å²) in [6.45, 7) is 1.02. The summed E-state index contributed by atoms with van der Waals surface area (Å²) >= 11 is 5.93. The number of amides is 1. The van der Waals surface area contributed by atoms with Gasteiger partial charge in [0.05, 0.1) is 31.3 Å². The van der Waals surface area contributed by atoms with E-state index in [1.54, 1.807) is 23.1 Å². The maximum absolute atomic E-state index is 12.4. The number of carbonyl (C=O) groups excluding carboxylic acids is 1. The predicted molar refractivity (Wildman–Crippen MR) is 75.9 cm³/mol. The van der Waals surface area contributed by atoms with Crippen LogP contribution in [0.15, 0.2) is 18.2 Å². The lowest BCUT2D eigenvalue weighted by Gasteiger charge is -2.32. The highest BCUT2D eigenvalue weighted by molar-refractivity contribution is 6.32. The molecule has 1 aliphatic heterocycles. The lowest BCUT2D eigenvalue weighted by molar-refractivity contribution is -0.141. The number of benzene rings is 1. The molecule has 1 aliphatic rings. The molecule has 0 saturated carbocycles. The van der Waals surface area contributed by atoms with E-state index in [2.05, 4.69) is 0 Å². The molecule has 1 aromatic carbocycles. The molecule has 7 heteroatoms. The van der Waals surface area contributed by atoms with E-state index in [4.69, 9.17) is 26.2 Å². The molecule has 114 valence electrons. The smallest absolute Gasteiger partial charge is 0.306 e. The minimum Gasteiger partial charge on any atom is -0.495 e. The van der Waals surface area contributed by atoms with Crippen LogP contribution in [0.2, 0.25) is 5.02 Å². The Morgan fingerprint density at radius 2 is 2.29 bits per heavy atom. The molecule has 1 heterocycles. The second-order valence-corrected chi connectivity index (χ2v) is 5.10. The van der Waals surface area contributed by atoms with Gasteiger partial charge in [0.1, 0.15) is 5.75 Å². The summed E-state index contributed by atoms with van der Waals surface area (Å²) in [6.07, 6.45) is -0.595. The maximum atomic E-state index is 12.4. The fourth-order valence-electron chi connectivity index (χ4n) is 2.20. The van der Waals surface area contributed by atoms with Crippen molar-refractivity contribution in [3.63, 3.8) is 0 Å². The fourth-order valence-corrected chi connectivity index (χ4v) is 2.39. The van der Waals surface area contributed by atoms with Gasteiger partial charge in [-0.3, -0.25) is 9.59 Å². The number of aliphatic carboxylic acids is 1. The number of ether oxygens (including phenoxy) is 2. The number of halogens is 1. The van der Waals surface area contributed by atoms with Crippen molar-refractivity contribution in [2.75, 3.05) is 26.8 Å². The summed E-state index contributed by atoms with van der Waals surface area (Å²) in [4.78, 5) is 24.7. The second-order valence-electron chi connectivity index (χ2n) is 4.69. The van der Waals surface area contributed by atoms with Crippen LogP contribution in [0.25, 0.3) is 0 Å². The van der Waals surface area contributed by atoms with Gasteiger partial charge in [-0.05, 0) is 18.2 Å². The molecule has 1 fully saturated rings. The molecule has 2 rings (SSSR count). The Bertz CT molecular complexity index is 548. The van der Waals surface area contributed by atoms with Crippen molar-refractivity contribution in [3.8, 4) is 5.75 Å². The molecule has 1 amide bonds. The molecule has 1 aromatic rings. The molecule has 1 unspecified atom stereocenters. The van der Waals surface area contributed by atoms with Crippen LogP contribution in [0.5, 0.6) is 5.75 Å². The van der Waals surface area contributed by atoms with Crippen LogP contribution in [0, 0.1) is 0 Å². The number of carbonyl (C=O) groups is 2. The Morgan fingerprint density at radius 3 is 2.95 bits per heavy atom. The van der Waals surface area contributed by atoms with Gasteiger partial charge in [0, 0.05) is 18.7 Å². The van der Waals surface area contributed by atoms with Crippen LogP contribution in [0.1, 0.15) is 16.8 Å². The monoisotopic (exact) mass is 313 g/mol. The number of hydrogen-bond acceptors (Lipinski definition) is 4. The molecule has 1 N–H and O–H groups in total. The fraction of sp³-hybridized carbons (Fsp3) is 0.429. The van der Waals surface area contributed by atoms with E-state index in [9.17, 15) is 9.59 Å². The van der Waals surface area contributed by atoms with Crippen molar-refractivity contribution < 1.29 is 24.2 Å². The average Bonchev–Trinajstić information content (AvgIpc) is 2.46. The highest BCUT2D eigenvalue weighted by Gasteiger charge is 2.26. The number of methoxy groups -OCH3 is 1. The molecule has 6 nitrogen and oxygen atoms in total. The largest absolute Gasteiger partial charge is 0.495 e. The van der Waals surface area contributed by atoms with Crippen molar-refractivity contribution in [2.45, 2.75) is 12.5 Å². The number of morpholine rings is 1. The maximum Gasteiger partial charge on any atom is 0.306 e. The first-order valence-corrected chi connectivity index (χ1v) is 6.85. The van der Waals surface area contributed by atoms with E-state index in [0.717, 1.165) is 0 Å². The summed E-state index contributed by atoms with van der Waals surface area (Å²) < 4.78 is 10.4. The molecule has 0 aliphatic carbocycles. The van der Waals surface area contributed by atoms with Crippen molar-refractivity contribution >= 4 is 23.5 Å². The first-order chi connectivity index (χ1) is 10.0. The third-order valence-corrected chi connectivity index (χ3v) is 3.54.